The fourth-order valence-electron chi connectivity index (χ4n) is 5.01. The average Bonchev–Trinajstić information content (AvgIpc) is 3.11. The van der Waals surface area contributed by atoms with Crippen LogP contribution in [-0.2, 0) is 6.42 Å². The van der Waals surface area contributed by atoms with Crippen molar-refractivity contribution >= 4 is 22.9 Å². The highest BCUT2D eigenvalue weighted by Crippen LogP contribution is 2.44. The molecule has 0 atom stereocenters. The van der Waals surface area contributed by atoms with E-state index < -0.39 is 0 Å². The molecule has 1 nitrogen and oxygen atoms in total. The second-order valence-corrected chi connectivity index (χ2v) is 10.9. The van der Waals surface area contributed by atoms with Crippen LogP contribution in [0.5, 0.6) is 0 Å². The average molecular weight is 466 g/mol. The Balaban J connectivity index is 1.87. The molecular formula is C33H36FN. The Labute approximate surface area is 210 Å². The number of halogens is 1. The van der Waals surface area contributed by atoms with Crippen molar-refractivity contribution in [2.45, 2.75) is 60.4 Å². The molecular weight excluding hydrogens is 429 g/mol. The Bertz CT molecular complexity index is 1360. The fourth-order valence-corrected chi connectivity index (χ4v) is 5.01. The van der Waals surface area contributed by atoms with E-state index in [2.05, 4.69) is 96.8 Å². The van der Waals surface area contributed by atoms with E-state index in [-0.39, 0.29) is 11.4 Å². The second kappa shape index (κ2) is 9.34. The molecule has 0 heterocycles. The molecule has 0 fully saturated rings. The minimum Gasteiger partial charge on any atom is -0.380 e. The van der Waals surface area contributed by atoms with Crippen molar-refractivity contribution in [3.05, 3.63) is 106 Å². The van der Waals surface area contributed by atoms with Crippen LogP contribution >= 0.6 is 0 Å². The van der Waals surface area contributed by atoms with Gasteiger partial charge in [-0.25, -0.2) is 4.39 Å². The largest absolute Gasteiger partial charge is 0.380 e. The third kappa shape index (κ3) is 5.17. The number of hydrogen-bond acceptors (Lipinski definition) is 1. The summed E-state index contributed by atoms with van der Waals surface area (Å²) in [5.74, 6) is -0.201. The van der Waals surface area contributed by atoms with Crippen molar-refractivity contribution in [3.63, 3.8) is 0 Å². The summed E-state index contributed by atoms with van der Waals surface area (Å²) in [6, 6.07) is 17.9. The van der Waals surface area contributed by atoms with Crippen LogP contribution in [0.4, 0.5) is 4.39 Å². The highest BCUT2D eigenvalue weighted by Gasteiger charge is 2.25. The normalized spacial score (nSPS) is 13.0. The van der Waals surface area contributed by atoms with Gasteiger partial charge in [0.1, 0.15) is 5.82 Å². The molecule has 0 unspecified atom stereocenters. The Morgan fingerprint density at radius 3 is 2.26 bits per heavy atom. The van der Waals surface area contributed by atoms with Crippen molar-refractivity contribution in [3.8, 4) is 11.1 Å². The summed E-state index contributed by atoms with van der Waals surface area (Å²) >= 11 is 0. The second-order valence-electron chi connectivity index (χ2n) is 10.9. The van der Waals surface area contributed by atoms with Crippen LogP contribution in [0.25, 0.3) is 34.0 Å². The van der Waals surface area contributed by atoms with E-state index in [9.17, 15) is 4.39 Å². The van der Waals surface area contributed by atoms with Gasteiger partial charge in [0.05, 0.1) is 0 Å². The van der Waals surface area contributed by atoms with Crippen molar-refractivity contribution in [2.75, 3.05) is 0 Å². The summed E-state index contributed by atoms with van der Waals surface area (Å²) in [6.07, 6.45) is 3.17. The predicted octanol–water partition coefficient (Wildman–Crippen LogP) is 9.07. The summed E-state index contributed by atoms with van der Waals surface area (Å²) in [7, 11) is 0. The molecule has 0 aliphatic heterocycles. The molecule has 35 heavy (non-hydrogen) atoms. The number of hydrogen-bond donors (Lipinski definition) is 1. The highest BCUT2D eigenvalue weighted by molar-refractivity contribution is 5.99. The van der Waals surface area contributed by atoms with Crippen molar-refractivity contribution < 1.29 is 4.39 Å². The standard InChI is InChI=1S/C33H36FN/c1-20(2)16-30-22(4)29(26-11-9-10-25(17-26)23(5)35-33(6,7)8)18-31-21(3)28(19-32(30)31)24-12-14-27(34)15-13-24/h9-18,35H,5,19H2,1-4,6-8H3. The summed E-state index contributed by atoms with van der Waals surface area (Å²) in [5.41, 5.74) is 14.5. The van der Waals surface area contributed by atoms with Gasteiger partial charge in [-0.2, -0.15) is 0 Å². The Hall–Kier alpha value is -3.39. The maximum Gasteiger partial charge on any atom is 0.123 e. The van der Waals surface area contributed by atoms with E-state index in [0.29, 0.717) is 0 Å². The van der Waals surface area contributed by atoms with Gasteiger partial charge in [0.25, 0.3) is 0 Å². The first-order chi connectivity index (χ1) is 16.4. The number of rotatable bonds is 5. The molecule has 3 aromatic rings. The number of nitrogens with one attached hydrogen (secondary N) is 1. The predicted molar refractivity (Wildman–Crippen MR) is 150 cm³/mol. The summed E-state index contributed by atoms with van der Waals surface area (Å²) in [5, 5.41) is 3.50. The molecule has 0 bridgehead atoms. The molecule has 3 aromatic carbocycles. The van der Waals surface area contributed by atoms with Gasteiger partial charge in [-0.05, 0) is 135 Å². The summed E-state index contributed by atoms with van der Waals surface area (Å²) < 4.78 is 13.6. The molecule has 1 aliphatic rings. The van der Waals surface area contributed by atoms with E-state index in [4.69, 9.17) is 0 Å². The fraction of sp³-hybridized carbons (Fsp3) is 0.273. The van der Waals surface area contributed by atoms with Gasteiger partial charge in [0.2, 0.25) is 0 Å². The third-order valence-electron chi connectivity index (χ3n) is 6.63. The van der Waals surface area contributed by atoms with Gasteiger partial charge < -0.3 is 5.32 Å². The lowest BCUT2D eigenvalue weighted by molar-refractivity contribution is 0.502. The van der Waals surface area contributed by atoms with Crippen molar-refractivity contribution in [1.29, 1.82) is 0 Å². The van der Waals surface area contributed by atoms with Gasteiger partial charge in [-0.3, -0.25) is 0 Å². The van der Waals surface area contributed by atoms with E-state index >= 15 is 0 Å². The van der Waals surface area contributed by atoms with E-state index in [1.54, 1.807) is 12.1 Å². The van der Waals surface area contributed by atoms with E-state index in [1.165, 1.54) is 50.1 Å². The smallest absolute Gasteiger partial charge is 0.123 e. The first-order valence-electron chi connectivity index (χ1n) is 12.3. The topological polar surface area (TPSA) is 12.0 Å². The Morgan fingerprint density at radius 2 is 1.63 bits per heavy atom. The molecule has 0 spiro atoms. The van der Waals surface area contributed by atoms with Gasteiger partial charge in [0.15, 0.2) is 0 Å². The quantitative estimate of drug-likeness (QED) is 0.396. The van der Waals surface area contributed by atoms with Crippen LogP contribution in [0.2, 0.25) is 0 Å². The van der Waals surface area contributed by atoms with Crippen LogP contribution in [0.3, 0.4) is 0 Å². The molecule has 1 aliphatic carbocycles. The molecule has 4 rings (SSSR count). The molecule has 1 N–H and O–H groups in total. The lowest BCUT2D eigenvalue weighted by Gasteiger charge is -2.24. The van der Waals surface area contributed by atoms with Crippen LogP contribution in [0.1, 0.15) is 74.9 Å². The maximum atomic E-state index is 13.6. The van der Waals surface area contributed by atoms with E-state index in [1.807, 2.05) is 12.1 Å². The molecule has 0 saturated carbocycles. The zero-order valence-corrected chi connectivity index (χ0v) is 22.1. The first kappa shape index (κ1) is 24.7. The first-order valence-corrected chi connectivity index (χ1v) is 12.3. The highest BCUT2D eigenvalue weighted by atomic mass is 19.1. The zero-order valence-electron chi connectivity index (χ0n) is 22.1. The minimum atomic E-state index is -0.201. The minimum absolute atomic E-state index is 0.0497. The molecule has 0 amide bonds. The van der Waals surface area contributed by atoms with Crippen LogP contribution in [-0.4, -0.2) is 5.54 Å². The van der Waals surface area contributed by atoms with Gasteiger partial charge in [-0.1, -0.05) is 48.6 Å². The monoisotopic (exact) mass is 465 g/mol. The Morgan fingerprint density at radius 1 is 0.943 bits per heavy atom. The number of allylic oxidation sites excluding steroid dienone is 3. The number of benzene rings is 3. The van der Waals surface area contributed by atoms with Gasteiger partial charge in [-0.15, -0.1) is 0 Å². The lowest BCUT2D eigenvalue weighted by Crippen LogP contribution is -2.33. The zero-order chi connectivity index (χ0) is 25.5. The van der Waals surface area contributed by atoms with Crippen molar-refractivity contribution in [1.82, 2.24) is 5.32 Å². The van der Waals surface area contributed by atoms with Crippen molar-refractivity contribution in [2.24, 2.45) is 0 Å². The summed E-state index contributed by atoms with van der Waals surface area (Å²) in [6.45, 7) is 19.4. The van der Waals surface area contributed by atoms with Crippen LogP contribution in [0, 0.1) is 12.7 Å². The lowest BCUT2D eigenvalue weighted by atomic mass is 9.87. The molecule has 180 valence electrons. The molecule has 2 heteroatoms. The van der Waals surface area contributed by atoms with Crippen LogP contribution < -0.4 is 5.32 Å². The SMILES string of the molecule is C=C(NC(C)(C)C)c1cccc(-c2cc3c(c(C=C(C)C)c2C)CC(c2ccc(F)cc2)=C3C)c1. The third-order valence-corrected chi connectivity index (χ3v) is 6.63. The van der Waals surface area contributed by atoms with Gasteiger partial charge in [0, 0.05) is 11.2 Å². The maximum absolute atomic E-state index is 13.6. The Kier molecular flexibility index (Phi) is 6.60. The molecule has 0 saturated heterocycles. The molecule has 0 aromatic heterocycles. The molecule has 0 radical (unpaired) electrons. The van der Waals surface area contributed by atoms with Crippen LogP contribution in [0.15, 0.2) is 66.7 Å². The van der Waals surface area contributed by atoms with E-state index in [0.717, 1.165) is 23.2 Å². The number of fused-ring (bicyclic) bond motifs is 1. The van der Waals surface area contributed by atoms with Gasteiger partial charge >= 0.3 is 0 Å². The summed E-state index contributed by atoms with van der Waals surface area (Å²) in [4.78, 5) is 0.